The number of nitriles is 1. The van der Waals surface area contributed by atoms with E-state index in [1.165, 1.54) is 0 Å². The lowest BCUT2D eigenvalue weighted by atomic mass is 10.1. The Balaban J connectivity index is 0.000000231. The van der Waals surface area contributed by atoms with Crippen LogP contribution in [0.2, 0.25) is 0 Å². The number of thiocarbonyl (C=S) groups is 1. The van der Waals surface area contributed by atoms with Gasteiger partial charge in [0.1, 0.15) is 16.5 Å². The number of methoxy groups -OCH3 is 2. The minimum Gasteiger partial charge on any atom is -0.497 e. The van der Waals surface area contributed by atoms with Crippen molar-refractivity contribution in [3.8, 4) is 17.6 Å². The van der Waals surface area contributed by atoms with E-state index in [4.69, 9.17) is 32.7 Å². The summed E-state index contributed by atoms with van der Waals surface area (Å²) in [6.45, 7) is 3.91. The number of hydrogen-bond donors (Lipinski definition) is 1. The molecular formula is C18H20N2O2S. The second-order valence-electron chi connectivity index (χ2n) is 4.95. The van der Waals surface area contributed by atoms with Crippen molar-refractivity contribution in [2.45, 2.75) is 13.8 Å². The predicted molar refractivity (Wildman–Crippen MR) is 96.1 cm³/mol. The number of ether oxygens (including phenoxy) is 2. The molecule has 0 aliphatic heterocycles. The molecule has 4 nitrogen and oxygen atoms in total. The molecule has 0 heterocycles. The summed E-state index contributed by atoms with van der Waals surface area (Å²) < 4.78 is 10.1. The fourth-order valence-electron chi connectivity index (χ4n) is 1.94. The van der Waals surface area contributed by atoms with E-state index in [1.54, 1.807) is 20.3 Å². The maximum Gasteiger partial charge on any atom is 0.120 e. The summed E-state index contributed by atoms with van der Waals surface area (Å²) in [5, 5.41) is 8.58. The summed E-state index contributed by atoms with van der Waals surface area (Å²) >= 11 is 4.85. The number of rotatable bonds is 3. The number of nitrogens with zero attached hydrogens (tertiary/aromatic N) is 1. The van der Waals surface area contributed by atoms with E-state index >= 15 is 0 Å². The van der Waals surface area contributed by atoms with Crippen molar-refractivity contribution in [2.24, 2.45) is 5.73 Å². The molecule has 0 aromatic heterocycles. The lowest BCUT2D eigenvalue weighted by Gasteiger charge is -2.04. The first kappa shape index (κ1) is 18.5. The molecule has 23 heavy (non-hydrogen) atoms. The zero-order chi connectivity index (χ0) is 17.4. The highest BCUT2D eigenvalue weighted by atomic mass is 32.1. The van der Waals surface area contributed by atoms with Crippen LogP contribution in [0.25, 0.3) is 0 Å². The Kier molecular flexibility index (Phi) is 7.04. The Morgan fingerprint density at radius 3 is 1.96 bits per heavy atom. The predicted octanol–water partition coefficient (Wildman–Crippen LogP) is 3.51. The second-order valence-corrected chi connectivity index (χ2v) is 5.39. The van der Waals surface area contributed by atoms with Gasteiger partial charge in [0.25, 0.3) is 0 Å². The van der Waals surface area contributed by atoms with Gasteiger partial charge in [-0.15, -0.1) is 0 Å². The molecule has 0 saturated heterocycles. The van der Waals surface area contributed by atoms with Crippen LogP contribution in [0.15, 0.2) is 36.4 Å². The molecule has 120 valence electrons. The summed E-state index contributed by atoms with van der Waals surface area (Å²) in [6.07, 6.45) is 0. The van der Waals surface area contributed by atoms with E-state index in [9.17, 15) is 0 Å². The van der Waals surface area contributed by atoms with E-state index in [0.29, 0.717) is 10.6 Å². The topological polar surface area (TPSA) is 68.3 Å². The van der Waals surface area contributed by atoms with E-state index in [2.05, 4.69) is 6.07 Å². The summed E-state index contributed by atoms with van der Waals surface area (Å²) in [5.74, 6) is 1.53. The smallest absolute Gasteiger partial charge is 0.120 e. The van der Waals surface area contributed by atoms with Crippen molar-refractivity contribution in [1.82, 2.24) is 0 Å². The van der Waals surface area contributed by atoms with Crippen molar-refractivity contribution in [3.63, 3.8) is 0 Å². The van der Waals surface area contributed by atoms with Gasteiger partial charge < -0.3 is 15.2 Å². The molecule has 0 saturated carbocycles. The van der Waals surface area contributed by atoms with Crippen LogP contribution in [0.5, 0.6) is 11.5 Å². The first-order valence-electron chi connectivity index (χ1n) is 6.91. The molecular weight excluding hydrogens is 308 g/mol. The van der Waals surface area contributed by atoms with Gasteiger partial charge in [0.05, 0.1) is 25.9 Å². The van der Waals surface area contributed by atoms with Gasteiger partial charge in [-0.1, -0.05) is 12.2 Å². The van der Waals surface area contributed by atoms with Crippen LogP contribution in [-0.2, 0) is 0 Å². The molecule has 0 fully saturated rings. The SMILES string of the molecule is COc1cc(C)cc(C#N)c1.COc1cc(C)cc(C(N)=S)c1. The maximum absolute atomic E-state index is 8.58. The van der Waals surface area contributed by atoms with Gasteiger partial charge >= 0.3 is 0 Å². The third-order valence-corrected chi connectivity index (χ3v) is 3.22. The van der Waals surface area contributed by atoms with Crippen LogP contribution in [0.1, 0.15) is 22.3 Å². The zero-order valence-electron chi connectivity index (χ0n) is 13.7. The molecule has 0 unspecified atom stereocenters. The third-order valence-electron chi connectivity index (χ3n) is 2.99. The largest absolute Gasteiger partial charge is 0.497 e. The van der Waals surface area contributed by atoms with Gasteiger partial charge in [0.2, 0.25) is 0 Å². The van der Waals surface area contributed by atoms with Gasteiger partial charge in [-0.25, -0.2) is 0 Å². The lowest BCUT2D eigenvalue weighted by Crippen LogP contribution is -2.09. The van der Waals surface area contributed by atoms with Gasteiger partial charge in [-0.3, -0.25) is 0 Å². The second kappa shape index (κ2) is 8.76. The summed E-state index contributed by atoms with van der Waals surface area (Å²) in [4.78, 5) is 0.400. The molecule has 2 N–H and O–H groups in total. The highest BCUT2D eigenvalue weighted by molar-refractivity contribution is 7.80. The Bertz CT molecular complexity index is 736. The van der Waals surface area contributed by atoms with Gasteiger partial charge in [-0.05, 0) is 61.4 Å². The quantitative estimate of drug-likeness (QED) is 0.873. The summed E-state index contributed by atoms with van der Waals surface area (Å²) in [7, 11) is 3.22. The van der Waals surface area contributed by atoms with Gasteiger partial charge in [0.15, 0.2) is 0 Å². The standard InChI is InChI=1S/C9H11NOS.C9H9NO/c1-6-3-7(9(10)12)5-8(4-6)11-2;1-7-3-8(6-10)5-9(4-7)11-2/h3-5H,1-2H3,(H2,10,12);3-5H,1-2H3. The fourth-order valence-corrected chi connectivity index (χ4v) is 2.06. The molecule has 2 aromatic carbocycles. The Labute approximate surface area is 142 Å². The highest BCUT2D eigenvalue weighted by Crippen LogP contribution is 2.16. The molecule has 0 atom stereocenters. The monoisotopic (exact) mass is 328 g/mol. The molecule has 0 amide bonds. The molecule has 2 rings (SSSR count). The molecule has 0 aliphatic rings. The first-order valence-corrected chi connectivity index (χ1v) is 7.31. The highest BCUT2D eigenvalue weighted by Gasteiger charge is 2.00. The van der Waals surface area contributed by atoms with Crippen LogP contribution < -0.4 is 15.2 Å². The Morgan fingerprint density at radius 2 is 1.48 bits per heavy atom. The van der Waals surface area contributed by atoms with E-state index in [1.807, 2.05) is 44.2 Å². The zero-order valence-corrected chi connectivity index (χ0v) is 14.5. The van der Waals surface area contributed by atoms with Crippen LogP contribution >= 0.6 is 12.2 Å². The van der Waals surface area contributed by atoms with Crippen molar-refractivity contribution in [3.05, 3.63) is 58.7 Å². The molecule has 0 spiro atoms. The summed E-state index contributed by atoms with van der Waals surface area (Å²) in [6, 6.07) is 13.2. The maximum atomic E-state index is 8.58. The molecule has 0 radical (unpaired) electrons. The van der Waals surface area contributed by atoms with Crippen LogP contribution in [0, 0.1) is 25.2 Å². The van der Waals surface area contributed by atoms with E-state index in [0.717, 1.165) is 28.2 Å². The van der Waals surface area contributed by atoms with Crippen molar-refractivity contribution in [1.29, 1.82) is 5.26 Å². The number of hydrogen-bond acceptors (Lipinski definition) is 4. The lowest BCUT2D eigenvalue weighted by molar-refractivity contribution is 0.414. The van der Waals surface area contributed by atoms with Crippen molar-refractivity contribution in [2.75, 3.05) is 14.2 Å². The van der Waals surface area contributed by atoms with Crippen LogP contribution in [0.3, 0.4) is 0 Å². The Hall–Kier alpha value is -2.58. The van der Waals surface area contributed by atoms with Crippen LogP contribution in [-0.4, -0.2) is 19.2 Å². The number of nitrogens with two attached hydrogens (primary N) is 1. The molecule has 5 heteroatoms. The van der Waals surface area contributed by atoms with E-state index in [-0.39, 0.29) is 0 Å². The summed E-state index contributed by atoms with van der Waals surface area (Å²) in [5.41, 5.74) is 9.11. The normalized spacial score (nSPS) is 9.17. The van der Waals surface area contributed by atoms with Crippen molar-refractivity contribution < 1.29 is 9.47 Å². The van der Waals surface area contributed by atoms with E-state index < -0.39 is 0 Å². The third kappa shape index (κ3) is 5.97. The Morgan fingerprint density at radius 1 is 0.957 bits per heavy atom. The number of aryl methyl sites for hydroxylation is 2. The first-order chi connectivity index (χ1) is 10.9. The fraction of sp³-hybridized carbons (Fsp3) is 0.222. The number of benzene rings is 2. The van der Waals surface area contributed by atoms with Gasteiger partial charge in [-0.2, -0.15) is 5.26 Å². The minimum absolute atomic E-state index is 0.400. The molecule has 0 aliphatic carbocycles. The molecule has 2 aromatic rings. The average Bonchev–Trinajstić information content (AvgIpc) is 2.54. The van der Waals surface area contributed by atoms with Gasteiger partial charge in [0, 0.05) is 5.56 Å². The van der Waals surface area contributed by atoms with Crippen LogP contribution in [0.4, 0.5) is 0 Å². The molecule has 0 bridgehead atoms. The minimum atomic E-state index is 0.400. The van der Waals surface area contributed by atoms with Crippen molar-refractivity contribution >= 4 is 17.2 Å². The average molecular weight is 328 g/mol.